The minimum Gasteiger partial charge on any atom is -0.390 e. The van der Waals surface area contributed by atoms with Gasteiger partial charge in [0.05, 0.1) is 17.8 Å². The maximum absolute atomic E-state index is 10.3. The van der Waals surface area contributed by atoms with Crippen LogP contribution < -0.4 is 0 Å². The van der Waals surface area contributed by atoms with E-state index < -0.39 is 17.8 Å². The number of allylic oxidation sites excluding steroid dienone is 4. The predicted molar refractivity (Wildman–Crippen MR) is 128 cm³/mol. The molecule has 3 aliphatic carbocycles. The second kappa shape index (κ2) is 9.37. The van der Waals surface area contributed by atoms with Crippen LogP contribution >= 0.6 is 0 Å². The van der Waals surface area contributed by atoms with Crippen LogP contribution in [0.25, 0.3) is 0 Å². The van der Waals surface area contributed by atoms with Crippen molar-refractivity contribution in [2.75, 3.05) is 0 Å². The summed E-state index contributed by atoms with van der Waals surface area (Å²) in [4.78, 5) is 0. The quantitative estimate of drug-likeness (QED) is 0.490. The summed E-state index contributed by atoms with van der Waals surface area (Å²) in [6.45, 7) is 14.5. The molecule has 3 N–H and O–H groups in total. The molecule has 2 unspecified atom stereocenters. The third-order valence-electron chi connectivity index (χ3n) is 8.79. The van der Waals surface area contributed by atoms with Gasteiger partial charge in [-0.2, -0.15) is 0 Å². The lowest BCUT2D eigenvalue weighted by Gasteiger charge is -2.44. The molecule has 0 heterocycles. The normalized spacial score (nSPS) is 37.9. The highest BCUT2D eigenvalue weighted by Crippen LogP contribution is 2.59. The van der Waals surface area contributed by atoms with Crippen LogP contribution in [0.2, 0.25) is 0 Å². The van der Waals surface area contributed by atoms with Crippen LogP contribution in [0.1, 0.15) is 79.6 Å². The molecule has 0 aromatic heterocycles. The molecule has 0 aromatic carbocycles. The van der Waals surface area contributed by atoms with Gasteiger partial charge in [0.1, 0.15) is 0 Å². The standard InChI is InChI=1S/C28H44O3/c1-18(9-10-19(2)27(4,5)31)23-13-14-24-22(8-7-15-28(23,24)6)12-11-21-16-25(29)20(3)26(30)17-21/h9-12,18-19,23-26,29-31H,3,7-8,13-17H2,1-2,4-6H3/b10-9+,22-12+/t18-,19-,23?,24?,25+,26+,28+/m0/s1. The zero-order chi connectivity index (χ0) is 23.0. The number of hydrogen-bond donors (Lipinski definition) is 3. The molecule has 3 fully saturated rings. The van der Waals surface area contributed by atoms with E-state index in [1.165, 1.54) is 25.7 Å². The Morgan fingerprint density at radius 1 is 1.06 bits per heavy atom. The Balaban J connectivity index is 1.73. The molecule has 7 atom stereocenters. The van der Waals surface area contributed by atoms with E-state index in [1.54, 1.807) is 5.57 Å². The van der Waals surface area contributed by atoms with Gasteiger partial charge >= 0.3 is 0 Å². The van der Waals surface area contributed by atoms with Gasteiger partial charge in [-0.3, -0.25) is 0 Å². The molecular formula is C28H44O3. The van der Waals surface area contributed by atoms with Gasteiger partial charge in [-0.25, -0.2) is 0 Å². The largest absolute Gasteiger partial charge is 0.390 e. The number of fused-ring (bicyclic) bond motifs is 1. The van der Waals surface area contributed by atoms with Crippen molar-refractivity contribution in [3.63, 3.8) is 0 Å². The monoisotopic (exact) mass is 428 g/mol. The molecule has 174 valence electrons. The Morgan fingerprint density at radius 3 is 2.32 bits per heavy atom. The Labute approximate surface area is 189 Å². The second-order valence-corrected chi connectivity index (χ2v) is 11.4. The van der Waals surface area contributed by atoms with Gasteiger partial charge in [-0.1, -0.05) is 62.8 Å². The molecule has 0 aliphatic heterocycles. The minimum absolute atomic E-state index is 0.144. The maximum Gasteiger partial charge on any atom is 0.0809 e. The summed E-state index contributed by atoms with van der Waals surface area (Å²) >= 11 is 0. The second-order valence-electron chi connectivity index (χ2n) is 11.4. The topological polar surface area (TPSA) is 60.7 Å². The Morgan fingerprint density at radius 2 is 1.71 bits per heavy atom. The van der Waals surface area contributed by atoms with Gasteiger partial charge in [-0.05, 0) is 87.5 Å². The highest BCUT2D eigenvalue weighted by molar-refractivity contribution is 5.29. The van der Waals surface area contributed by atoms with Gasteiger partial charge in [0.25, 0.3) is 0 Å². The lowest BCUT2D eigenvalue weighted by molar-refractivity contribution is 0.0436. The van der Waals surface area contributed by atoms with Crippen LogP contribution in [0.4, 0.5) is 0 Å². The SMILES string of the molecule is C=C1[C@H](O)CC(=C/C=C2\CCC[C@@]3(C)C2CCC3[C@@H](C)/C=C/[C@H](C)C(C)(C)O)C[C@H]1O. The van der Waals surface area contributed by atoms with E-state index in [9.17, 15) is 15.3 Å². The molecule has 3 saturated carbocycles. The fourth-order valence-corrected chi connectivity index (χ4v) is 6.28. The summed E-state index contributed by atoms with van der Waals surface area (Å²) in [5, 5.41) is 30.5. The van der Waals surface area contributed by atoms with Crippen molar-refractivity contribution < 1.29 is 15.3 Å². The Hall–Kier alpha value is -1.16. The van der Waals surface area contributed by atoms with Crippen molar-refractivity contribution in [3.05, 3.63) is 47.6 Å². The van der Waals surface area contributed by atoms with Crippen LogP contribution in [-0.2, 0) is 0 Å². The van der Waals surface area contributed by atoms with Crippen molar-refractivity contribution in [1.82, 2.24) is 0 Å². The van der Waals surface area contributed by atoms with Crippen molar-refractivity contribution >= 4 is 0 Å². The van der Waals surface area contributed by atoms with Crippen molar-refractivity contribution in [2.24, 2.45) is 29.1 Å². The van der Waals surface area contributed by atoms with Gasteiger partial charge < -0.3 is 15.3 Å². The lowest BCUT2D eigenvalue weighted by atomic mass is 9.61. The average Bonchev–Trinajstić information content (AvgIpc) is 3.05. The molecule has 0 amide bonds. The summed E-state index contributed by atoms with van der Waals surface area (Å²) in [7, 11) is 0. The van der Waals surface area contributed by atoms with Crippen LogP contribution in [0, 0.1) is 29.1 Å². The first kappa shape index (κ1) is 24.5. The first-order chi connectivity index (χ1) is 14.4. The first-order valence-electron chi connectivity index (χ1n) is 12.3. The van der Waals surface area contributed by atoms with Gasteiger partial charge in [0, 0.05) is 5.92 Å². The number of aliphatic hydroxyl groups is 3. The van der Waals surface area contributed by atoms with E-state index in [-0.39, 0.29) is 5.92 Å². The Kier molecular flexibility index (Phi) is 7.40. The number of hydrogen-bond acceptors (Lipinski definition) is 3. The van der Waals surface area contributed by atoms with Gasteiger partial charge in [-0.15, -0.1) is 0 Å². The third kappa shape index (κ3) is 5.26. The fourth-order valence-electron chi connectivity index (χ4n) is 6.28. The number of rotatable bonds is 5. The summed E-state index contributed by atoms with van der Waals surface area (Å²) < 4.78 is 0. The molecule has 3 aliphatic rings. The molecule has 3 rings (SSSR count). The lowest BCUT2D eigenvalue weighted by Crippen LogP contribution is -2.35. The molecule has 0 spiro atoms. The summed E-state index contributed by atoms with van der Waals surface area (Å²) in [5.74, 6) is 1.94. The molecule has 0 saturated heterocycles. The van der Waals surface area contributed by atoms with Crippen LogP contribution in [0.3, 0.4) is 0 Å². The maximum atomic E-state index is 10.3. The zero-order valence-electron chi connectivity index (χ0n) is 20.3. The fraction of sp³-hybridized carbons (Fsp3) is 0.714. The predicted octanol–water partition coefficient (Wildman–Crippen LogP) is 5.73. The summed E-state index contributed by atoms with van der Waals surface area (Å²) in [5.41, 5.74) is 2.87. The summed E-state index contributed by atoms with van der Waals surface area (Å²) in [6.07, 6.45) is 15.1. The van der Waals surface area contributed by atoms with Gasteiger partial charge in [0.15, 0.2) is 0 Å². The van der Waals surface area contributed by atoms with E-state index in [4.69, 9.17) is 0 Å². The van der Waals surface area contributed by atoms with Crippen LogP contribution in [0.5, 0.6) is 0 Å². The highest BCUT2D eigenvalue weighted by atomic mass is 16.3. The molecule has 0 radical (unpaired) electrons. The van der Waals surface area contributed by atoms with Crippen LogP contribution in [0.15, 0.2) is 47.6 Å². The minimum atomic E-state index is -0.681. The average molecular weight is 429 g/mol. The zero-order valence-corrected chi connectivity index (χ0v) is 20.3. The number of aliphatic hydroxyl groups excluding tert-OH is 2. The van der Waals surface area contributed by atoms with E-state index in [0.717, 1.165) is 12.0 Å². The van der Waals surface area contributed by atoms with Crippen molar-refractivity contribution in [1.29, 1.82) is 0 Å². The van der Waals surface area contributed by atoms with E-state index >= 15 is 0 Å². The van der Waals surface area contributed by atoms with E-state index in [1.807, 2.05) is 13.8 Å². The smallest absolute Gasteiger partial charge is 0.0809 e. The van der Waals surface area contributed by atoms with Gasteiger partial charge in [0.2, 0.25) is 0 Å². The molecular weight excluding hydrogens is 384 g/mol. The molecule has 3 heteroatoms. The highest BCUT2D eigenvalue weighted by Gasteiger charge is 2.50. The van der Waals surface area contributed by atoms with E-state index in [0.29, 0.717) is 41.6 Å². The molecule has 0 bridgehead atoms. The van der Waals surface area contributed by atoms with Crippen molar-refractivity contribution in [2.45, 2.75) is 97.4 Å². The third-order valence-corrected chi connectivity index (χ3v) is 8.79. The van der Waals surface area contributed by atoms with Crippen LogP contribution in [-0.4, -0.2) is 33.1 Å². The summed E-state index contributed by atoms with van der Waals surface area (Å²) in [6, 6.07) is 0. The molecule has 0 aromatic rings. The Bertz CT molecular complexity index is 737. The molecule has 31 heavy (non-hydrogen) atoms. The van der Waals surface area contributed by atoms with Crippen molar-refractivity contribution in [3.8, 4) is 0 Å². The van der Waals surface area contributed by atoms with E-state index in [2.05, 4.69) is 51.7 Å². The molecule has 3 nitrogen and oxygen atoms in total. The first-order valence-corrected chi connectivity index (χ1v) is 12.3.